The van der Waals surface area contributed by atoms with Crippen LogP contribution < -0.4 is 0 Å². The van der Waals surface area contributed by atoms with Crippen LogP contribution in [0, 0.1) is 25.2 Å². The van der Waals surface area contributed by atoms with Crippen molar-refractivity contribution in [2.45, 2.75) is 40.5 Å². The Morgan fingerprint density at radius 2 is 1.82 bits per heavy atom. The van der Waals surface area contributed by atoms with E-state index in [2.05, 4.69) is 64.5 Å². The van der Waals surface area contributed by atoms with Gasteiger partial charge in [-0.25, -0.2) is 4.98 Å². The number of aryl methyl sites for hydroxylation is 2. The Hall–Kier alpha value is 0.590. The summed E-state index contributed by atoms with van der Waals surface area (Å²) in [7, 11) is 0. The van der Waals surface area contributed by atoms with Crippen LogP contribution in [0.25, 0.3) is 0 Å². The third-order valence-corrected chi connectivity index (χ3v) is 6.46. The van der Waals surface area contributed by atoms with Crippen LogP contribution in [0.1, 0.15) is 35.8 Å². The van der Waals surface area contributed by atoms with Crippen molar-refractivity contribution >= 4 is 43.2 Å². The molecule has 0 aromatic carbocycles. The van der Waals surface area contributed by atoms with Crippen LogP contribution in [0.15, 0.2) is 0 Å². The molecule has 1 heterocycles. The van der Waals surface area contributed by atoms with E-state index in [1.165, 1.54) is 22.0 Å². The predicted molar refractivity (Wildman–Crippen MR) is 84.8 cm³/mol. The van der Waals surface area contributed by atoms with Crippen molar-refractivity contribution in [1.29, 1.82) is 0 Å². The number of halogens is 2. The van der Waals surface area contributed by atoms with Gasteiger partial charge in [-0.3, -0.25) is 0 Å². The Morgan fingerprint density at radius 1 is 1.24 bits per heavy atom. The summed E-state index contributed by atoms with van der Waals surface area (Å²) in [5.74, 6) is 0.715. The lowest BCUT2D eigenvalue weighted by molar-refractivity contribution is 0.304. The van der Waals surface area contributed by atoms with E-state index in [1.807, 2.05) is 11.3 Å². The molecule has 0 spiro atoms. The molecule has 17 heavy (non-hydrogen) atoms. The fourth-order valence-corrected chi connectivity index (χ4v) is 5.00. The summed E-state index contributed by atoms with van der Waals surface area (Å²) in [5.41, 5.74) is 1.48. The van der Waals surface area contributed by atoms with Crippen LogP contribution in [0.5, 0.6) is 0 Å². The zero-order valence-electron chi connectivity index (χ0n) is 11.0. The molecule has 0 aliphatic carbocycles. The standard InChI is InChI=1S/C13H21Br2NS/c1-9(2)5-13(7-14,8-15)6-12-16-10(3)11(4)17-12/h9H,5-8H2,1-4H3. The Labute approximate surface area is 126 Å². The molecule has 1 aromatic heterocycles. The maximum Gasteiger partial charge on any atom is 0.0937 e. The van der Waals surface area contributed by atoms with Gasteiger partial charge < -0.3 is 0 Å². The molecule has 0 N–H and O–H groups in total. The van der Waals surface area contributed by atoms with Gasteiger partial charge in [-0.05, 0) is 31.6 Å². The minimum Gasteiger partial charge on any atom is -0.246 e. The summed E-state index contributed by atoms with van der Waals surface area (Å²) in [6.07, 6.45) is 2.29. The zero-order valence-corrected chi connectivity index (χ0v) is 15.0. The summed E-state index contributed by atoms with van der Waals surface area (Å²) >= 11 is 9.23. The Bertz CT molecular complexity index is 337. The number of rotatable bonds is 6. The number of alkyl halides is 2. The molecular weight excluding hydrogens is 362 g/mol. The second-order valence-electron chi connectivity index (χ2n) is 5.29. The minimum atomic E-state index is 0.297. The van der Waals surface area contributed by atoms with Crippen molar-refractivity contribution in [3.63, 3.8) is 0 Å². The molecule has 1 rings (SSSR count). The summed E-state index contributed by atoms with van der Waals surface area (Å²) in [6, 6.07) is 0. The Kier molecular flexibility index (Phi) is 6.14. The van der Waals surface area contributed by atoms with Gasteiger partial charge in [0.2, 0.25) is 0 Å². The average molecular weight is 383 g/mol. The minimum absolute atomic E-state index is 0.297. The first-order valence-electron chi connectivity index (χ1n) is 5.97. The van der Waals surface area contributed by atoms with E-state index in [0.717, 1.165) is 17.1 Å². The molecule has 0 atom stereocenters. The van der Waals surface area contributed by atoms with Crippen molar-refractivity contribution < 1.29 is 0 Å². The van der Waals surface area contributed by atoms with Gasteiger partial charge >= 0.3 is 0 Å². The number of hydrogen-bond acceptors (Lipinski definition) is 2. The molecule has 4 heteroatoms. The fourth-order valence-electron chi connectivity index (χ4n) is 2.11. The highest BCUT2D eigenvalue weighted by molar-refractivity contribution is 9.09. The molecule has 0 fully saturated rings. The maximum absolute atomic E-state index is 4.68. The molecule has 1 nitrogen and oxygen atoms in total. The summed E-state index contributed by atoms with van der Waals surface area (Å²) < 4.78 is 0. The molecular formula is C13H21Br2NS. The molecule has 0 saturated carbocycles. The second-order valence-corrected chi connectivity index (χ2v) is 7.70. The summed E-state index contributed by atoms with van der Waals surface area (Å²) in [6.45, 7) is 8.83. The lowest BCUT2D eigenvalue weighted by Crippen LogP contribution is -2.29. The topological polar surface area (TPSA) is 12.9 Å². The normalized spacial score (nSPS) is 12.4. The van der Waals surface area contributed by atoms with Crippen LogP contribution in [-0.4, -0.2) is 15.6 Å². The first-order valence-corrected chi connectivity index (χ1v) is 9.03. The van der Waals surface area contributed by atoms with Crippen molar-refractivity contribution in [2.75, 3.05) is 10.7 Å². The van der Waals surface area contributed by atoms with E-state index in [0.29, 0.717) is 11.3 Å². The van der Waals surface area contributed by atoms with Gasteiger partial charge in [0.15, 0.2) is 0 Å². The van der Waals surface area contributed by atoms with E-state index < -0.39 is 0 Å². The average Bonchev–Trinajstić information content (AvgIpc) is 2.56. The predicted octanol–water partition coefficient (Wildman–Crippen LogP) is 5.12. The van der Waals surface area contributed by atoms with Crippen LogP contribution >= 0.6 is 43.2 Å². The van der Waals surface area contributed by atoms with Gasteiger partial charge in [0.25, 0.3) is 0 Å². The number of thiazole rings is 1. The molecule has 0 aliphatic rings. The number of hydrogen-bond donors (Lipinski definition) is 0. The molecule has 0 amide bonds. The van der Waals surface area contributed by atoms with Crippen molar-refractivity contribution in [3.8, 4) is 0 Å². The summed E-state index contributed by atoms with van der Waals surface area (Å²) in [5, 5.41) is 3.34. The first kappa shape index (κ1) is 15.6. The van der Waals surface area contributed by atoms with Gasteiger partial charge in [0.1, 0.15) is 0 Å². The van der Waals surface area contributed by atoms with E-state index in [-0.39, 0.29) is 0 Å². The smallest absolute Gasteiger partial charge is 0.0937 e. The highest BCUT2D eigenvalue weighted by atomic mass is 79.9. The van der Waals surface area contributed by atoms with E-state index in [9.17, 15) is 0 Å². The second kappa shape index (κ2) is 6.67. The molecule has 0 saturated heterocycles. The monoisotopic (exact) mass is 381 g/mol. The SMILES string of the molecule is Cc1nc(CC(CBr)(CBr)CC(C)C)sc1C. The van der Waals surface area contributed by atoms with Crippen molar-refractivity contribution in [2.24, 2.45) is 11.3 Å². The highest BCUT2D eigenvalue weighted by Crippen LogP contribution is 2.36. The Balaban J connectivity index is 2.85. The lowest BCUT2D eigenvalue weighted by Gasteiger charge is -2.31. The fraction of sp³-hybridized carbons (Fsp3) is 0.769. The summed E-state index contributed by atoms with van der Waals surface area (Å²) in [4.78, 5) is 6.02. The first-order chi connectivity index (χ1) is 7.92. The van der Waals surface area contributed by atoms with E-state index in [4.69, 9.17) is 0 Å². The van der Waals surface area contributed by atoms with Crippen molar-refractivity contribution in [3.05, 3.63) is 15.6 Å². The number of nitrogens with zero attached hydrogens (tertiary/aromatic N) is 1. The van der Waals surface area contributed by atoms with E-state index >= 15 is 0 Å². The van der Waals surface area contributed by atoms with Crippen LogP contribution in [0.3, 0.4) is 0 Å². The van der Waals surface area contributed by atoms with Crippen LogP contribution in [0.2, 0.25) is 0 Å². The van der Waals surface area contributed by atoms with Gasteiger partial charge in [-0.1, -0.05) is 45.7 Å². The van der Waals surface area contributed by atoms with Crippen LogP contribution in [-0.2, 0) is 6.42 Å². The highest BCUT2D eigenvalue weighted by Gasteiger charge is 2.30. The lowest BCUT2D eigenvalue weighted by atomic mass is 9.81. The third-order valence-electron chi connectivity index (χ3n) is 3.01. The largest absolute Gasteiger partial charge is 0.246 e. The van der Waals surface area contributed by atoms with Gasteiger partial charge in [0, 0.05) is 22.0 Å². The van der Waals surface area contributed by atoms with Crippen LogP contribution in [0.4, 0.5) is 0 Å². The Morgan fingerprint density at radius 3 is 2.18 bits per heavy atom. The molecule has 0 bridgehead atoms. The van der Waals surface area contributed by atoms with E-state index in [1.54, 1.807) is 0 Å². The van der Waals surface area contributed by atoms with Gasteiger partial charge in [-0.2, -0.15) is 0 Å². The molecule has 1 aromatic rings. The maximum atomic E-state index is 4.68. The molecule has 0 aliphatic heterocycles. The van der Waals surface area contributed by atoms with Crippen molar-refractivity contribution in [1.82, 2.24) is 4.98 Å². The molecule has 0 radical (unpaired) electrons. The molecule has 0 unspecified atom stereocenters. The molecule has 98 valence electrons. The zero-order chi connectivity index (χ0) is 13.1. The quantitative estimate of drug-likeness (QED) is 0.621. The number of aromatic nitrogens is 1. The van der Waals surface area contributed by atoms with Gasteiger partial charge in [-0.15, -0.1) is 11.3 Å². The third kappa shape index (κ3) is 4.32. The van der Waals surface area contributed by atoms with Gasteiger partial charge in [0.05, 0.1) is 10.7 Å².